The normalized spacial score (nSPS) is 22.4. The van der Waals surface area contributed by atoms with E-state index in [1.165, 1.54) is 0 Å². The van der Waals surface area contributed by atoms with Gasteiger partial charge in [0.1, 0.15) is 5.60 Å². The van der Waals surface area contributed by atoms with Crippen LogP contribution in [0.25, 0.3) is 0 Å². The Bertz CT molecular complexity index is 556. The van der Waals surface area contributed by atoms with Crippen molar-refractivity contribution < 1.29 is 14.3 Å². The smallest absolute Gasteiger partial charge is 0.314 e. The minimum Gasteiger partial charge on any atom is -0.459 e. The van der Waals surface area contributed by atoms with Gasteiger partial charge in [0.2, 0.25) is 0 Å². The standard InChI is InChI=1S/C16H24N2O3/c1-11-8-17-9-12(11)13(19)18-7-6-16(5,10-18)14(20)21-15(2,3)4/h8-9,17H,6-7,10H2,1-5H3. The molecule has 2 heterocycles. The van der Waals surface area contributed by atoms with Gasteiger partial charge >= 0.3 is 5.97 Å². The fourth-order valence-electron chi connectivity index (χ4n) is 2.54. The van der Waals surface area contributed by atoms with E-state index in [0.29, 0.717) is 25.1 Å². The molecular weight excluding hydrogens is 268 g/mol. The van der Waals surface area contributed by atoms with Crippen LogP contribution in [0.15, 0.2) is 12.4 Å². The molecule has 5 nitrogen and oxygen atoms in total. The lowest BCUT2D eigenvalue weighted by Crippen LogP contribution is -2.39. The largest absolute Gasteiger partial charge is 0.459 e. The van der Waals surface area contributed by atoms with Crippen molar-refractivity contribution in [1.82, 2.24) is 9.88 Å². The van der Waals surface area contributed by atoms with Crippen molar-refractivity contribution in [2.24, 2.45) is 5.41 Å². The quantitative estimate of drug-likeness (QED) is 0.852. The molecular formula is C16H24N2O3. The Morgan fingerprint density at radius 3 is 2.52 bits per heavy atom. The Morgan fingerprint density at radius 2 is 2.00 bits per heavy atom. The van der Waals surface area contributed by atoms with Crippen molar-refractivity contribution in [2.45, 2.75) is 46.6 Å². The molecule has 1 aliphatic rings. The first-order valence-corrected chi connectivity index (χ1v) is 7.28. The lowest BCUT2D eigenvalue weighted by molar-refractivity contribution is -0.165. The van der Waals surface area contributed by atoms with Gasteiger partial charge in [0.05, 0.1) is 11.0 Å². The number of hydrogen-bond donors (Lipinski definition) is 1. The molecule has 0 saturated carbocycles. The number of carbonyl (C=O) groups is 2. The number of hydrogen-bond acceptors (Lipinski definition) is 3. The van der Waals surface area contributed by atoms with E-state index in [1.54, 1.807) is 17.3 Å². The lowest BCUT2D eigenvalue weighted by atomic mass is 9.90. The minimum absolute atomic E-state index is 0.0268. The van der Waals surface area contributed by atoms with Crippen molar-refractivity contribution >= 4 is 11.9 Å². The van der Waals surface area contributed by atoms with Gasteiger partial charge in [-0.05, 0) is 46.6 Å². The summed E-state index contributed by atoms with van der Waals surface area (Å²) in [6.45, 7) is 10.3. The number of aryl methyl sites for hydroxylation is 1. The summed E-state index contributed by atoms with van der Waals surface area (Å²) >= 11 is 0. The molecule has 116 valence electrons. The maximum atomic E-state index is 12.5. The maximum Gasteiger partial charge on any atom is 0.314 e. The first-order chi connectivity index (χ1) is 9.62. The second-order valence-electron chi connectivity index (χ2n) is 7.09. The maximum absolute atomic E-state index is 12.5. The van der Waals surface area contributed by atoms with Gasteiger partial charge in [0, 0.05) is 25.5 Å². The summed E-state index contributed by atoms with van der Waals surface area (Å²) in [6.07, 6.45) is 4.15. The molecule has 0 spiro atoms. The molecule has 21 heavy (non-hydrogen) atoms. The third-order valence-electron chi connectivity index (χ3n) is 3.83. The van der Waals surface area contributed by atoms with Crippen molar-refractivity contribution in [3.63, 3.8) is 0 Å². The van der Waals surface area contributed by atoms with Gasteiger partial charge in [-0.3, -0.25) is 9.59 Å². The summed E-state index contributed by atoms with van der Waals surface area (Å²) < 4.78 is 5.48. The Morgan fingerprint density at radius 1 is 1.33 bits per heavy atom. The molecule has 0 aliphatic carbocycles. The SMILES string of the molecule is Cc1c[nH]cc1C(=O)N1CCC(C)(C(=O)OC(C)(C)C)C1. The lowest BCUT2D eigenvalue weighted by Gasteiger charge is -2.28. The zero-order valence-electron chi connectivity index (χ0n) is 13.4. The molecule has 1 aliphatic heterocycles. The number of ether oxygens (including phenoxy) is 1. The number of H-pyrrole nitrogens is 1. The highest BCUT2D eigenvalue weighted by Crippen LogP contribution is 2.33. The van der Waals surface area contributed by atoms with Crippen LogP contribution in [0.3, 0.4) is 0 Å². The van der Waals surface area contributed by atoms with E-state index in [4.69, 9.17) is 4.74 Å². The van der Waals surface area contributed by atoms with Gasteiger partial charge in [-0.25, -0.2) is 0 Å². The molecule has 1 N–H and O–H groups in total. The zero-order chi connectivity index (χ0) is 15.8. The highest BCUT2D eigenvalue weighted by molar-refractivity contribution is 5.96. The third-order valence-corrected chi connectivity index (χ3v) is 3.83. The van der Waals surface area contributed by atoms with Gasteiger partial charge in [0.15, 0.2) is 0 Å². The van der Waals surface area contributed by atoms with Crippen molar-refractivity contribution in [1.29, 1.82) is 0 Å². The van der Waals surface area contributed by atoms with Gasteiger partial charge in [-0.2, -0.15) is 0 Å². The van der Waals surface area contributed by atoms with E-state index >= 15 is 0 Å². The van der Waals surface area contributed by atoms with Gasteiger partial charge < -0.3 is 14.6 Å². The number of aromatic nitrogens is 1. The van der Waals surface area contributed by atoms with E-state index in [1.807, 2.05) is 34.6 Å². The summed E-state index contributed by atoms with van der Waals surface area (Å²) in [6, 6.07) is 0. The van der Waals surface area contributed by atoms with Crippen LogP contribution >= 0.6 is 0 Å². The average Bonchev–Trinajstić information content (AvgIpc) is 2.94. The Balaban J connectivity index is 2.08. The highest BCUT2D eigenvalue weighted by Gasteiger charge is 2.44. The van der Waals surface area contributed by atoms with Crippen LogP contribution in [0.1, 0.15) is 50.0 Å². The van der Waals surface area contributed by atoms with Crippen molar-refractivity contribution in [3.05, 3.63) is 23.5 Å². The molecule has 1 aromatic rings. The fourth-order valence-corrected chi connectivity index (χ4v) is 2.54. The fraction of sp³-hybridized carbons (Fsp3) is 0.625. The van der Waals surface area contributed by atoms with Crippen molar-refractivity contribution in [2.75, 3.05) is 13.1 Å². The van der Waals surface area contributed by atoms with E-state index in [9.17, 15) is 9.59 Å². The first-order valence-electron chi connectivity index (χ1n) is 7.28. The third kappa shape index (κ3) is 3.28. The second-order valence-corrected chi connectivity index (χ2v) is 7.09. The van der Waals surface area contributed by atoms with E-state index in [0.717, 1.165) is 5.56 Å². The van der Waals surface area contributed by atoms with E-state index in [2.05, 4.69) is 4.98 Å². The second kappa shape index (κ2) is 5.20. The zero-order valence-corrected chi connectivity index (χ0v) is 13.4. The number of rotatable bonds is 2. The number of nitrogens with one attached hydrogen (secondary N) is 1. The number of nitrogens with zero attached hydrogens (tertiary/aromatic N) is 1. The monoisotopic (exact) mass is 292 g/mol. The first kappa shape index (κ1) is 15.6. The molecule has 0 aromatic carbocycles. The van der Waals surface area contributed by atoms with Crippen LogP contribution in [0.2, 0.25) is 0 Å². The minimum atomic E-state index is -0.618. The molecule has 5 heteroatoms. The number of esters is 1. The molecule has 1 aromatic heterocycles. The molecule has 1 saturated heterocycles. The summed E-state index contributed by atoms with van der Waals surface area (Å²) in [5, 5.41) is 0. The number of amides is 1. The van der Waals surface area contributed by atoms with Crippen LogP contribution in [-0.2, 0) is 9.53 Å². The summed E-state index contributed by atoms with van der Waals surface area (Å²) in [7, 11) is 0. The molecule has 0 bridgehead atoms. The predicted octanol–water partition coefficient (Wildman–Crippen LogP) is 2.52. The molecule has 0 radical (unpaired) electrons. The Kier molecular flexibility index (Phi) is 3.87. The number of carbonyl (C=O) groups excluding carboxylic acids is 2. The summed E-state index contributed by atoms with van der Waals surface area (Å²) in [4.78, 5) is 29.5. The van der Waals surface area contributed by atoms with Crippen LogP contribution in [0.5, 0.6) is 0 Å². The molecule has 1 fully saturated rings. The highest BCUT2D eigenvalue weighted by atomic mass is 16.6. The van der Waals surface area contributed by atoms with Gasteiger partial charge in [-0.1, -0.05) is 0 Å². The summed E-state index contributed by atoms with van der Waals surface area (Å²) in [5.74, 6) is -0.253. The Labute approximate surface area is 125 Å². The molecule has 1 unspecified atom stereocenters. The molecule has 1 atom stereocenters. The number of likely N-dealkylation sites (tertiary alicyclic amines) is 1. The number of aromatic amines is 1. The van der Waals surface area contributed by atoms with Crippen LogP contribution in [-0.4, -0.2) is 40.5 Å². The van der Waals surface area contributed by atoms with Crippen LogP contribution in [0, 0.1) is 12.3 Å². The molecule has 2 rings (SSSR count). The average molecular weight is 292 g/mol. The van der Waals surface area contributed by atoms with Gasteiger partial charge in [-0.15, -0.1) is 0 Å². The van der Waals surface area contributed by atoms with Crippen molar-refractivity contribution in [3.8, 4) is 0 Å². The van der Waals surface area contributed by atoms with Crippen LogP contribution in [0.4, 0.5) is 0 Å². The van der Waals surface area contributed by atoms with Gasteiger partial charge in [0.25, 0.3) is 5.91 Å². The van der Waals surface area contributed by atoms with E-state index in [-0.39, 0.29) is 11.9 Å². The van der Waals surface area contributed by atoms with E-state index < -0.39 is 11.0 Å². The van der Waals surface area contributed by atoms with Crippen LogP contribution < -0.4 is 0 Å². The molecule has 1 amide bonds. The topological polar surface area (TPSA) is 62.4 Å². The Hall–Kier alpha value is -1.78. The summed E-state index contributed by atoms with van der Waals surface area (Å²) in [5.41, 5.74) is 0.469. The predicted molar refractivity (Wildman–Crippen MR) is 80.0 cm³/mol.